The van der Waals surface area contributed by atoms with Gasteiger partial charge in [-0.3, -0.25) is 9.59 Å². The van der Waals surface area contributed by atoms with Gasteiger partial charge >= 0.3 is 0 Å². The Labute approximate surface area is 115 Å². The molecule has 0 spiro atoms. The topological polar surface area (TPSA) is 67.4 Å². The molecular formula is C13H13ClN2O3. The lowest BCUT2D eigenvalue weighted by molar-refractivity contribution is -0.146. The highest BCUT2D eigenvalue weighted by Gasteiger charge is 2.47. The predicted molar refractivity (Wildman–Crippen MR) is 72.3 cm³/mol. The van der Waals surface area contributed by atoms with Crippen LogP contribution in [-0.4, -0.2) is 24.0 Å². The molecule has 0 saturated carbocycles. The molecule has 100 valence electrons. The number of halogens is 1. The van der Waals surface area contributed by atoms with Crippen LogP contribution in [0, 0.1) is 0 Å². The summed E-state index contributed by atoms with van der Waals surface area (Å²) in [6.45, 7) is 5.17. The van der Waals surface area contributed by atoms with E-state index in [0.29, 0.717) is 16.5 Å². The lowest BCUT2D eigenvalue weighted by Gasteiger charge is -2.33. The molecular weight excluding hydrogens is 268 g/mol. The molecule has 2 amide bonds. The molecule has 1 aliphatic rings. The molecule has 19 heavy (non-hydrogen) atoms. The first-order valence-corrected chi connectivity index (χ1v) is 6.04. The maximum Gasteiger partial charge on any atom is 0.278 e. The molecule has 1 aromatic rings. The standard InChI is InChI=1S/C13H13ClN2O3/c1-3-6-15-11(17)13(2)12(18)16-9-7-8(14)4-5-10(9)19-13/h3-5,7H,1,6H2,2H3,(H,15,17)(H,16,18)/t13-/m0/s1. The van der Waals surface area contributed by atoms with E-state index in [1.165, 1.54) is 13.0 Å². The normalized spacial score (nSPS) is 20.8. The average Bonchev–Trinajstić information content (AvgIpc) is 2.37. The predicted octanol–water partition coefficient (Wildman–Crippen LogP) is 1.73. The third-order valence-corrected chi connectivity index (χ3v) is 3.01. The van der Waals surface area contributed by atoms with Gasteiger partial charge in [0.1, 0.15) is 5.75 Å². The summed E-state index contributed by atoms with van der Waals surface area (Å²) in [6, 6.07) is 4.80. The zero-order valence-electron chi connectivity index (χ0n) is 10.3. The molecule has 0 aliphatic carbocycles. The highest BCUT2D eigenvalue weighted by atomic mass is 35.5. The molecule has 1 aliphatic heterocycles. The number of rotatable bonds is 3. The lowest BCUT2D eigenvalue weighted by Crippen LogP contribution is -2.58. The first-order valence-electron chi connectivity index (χ1n) is 5.66. The van der Waals surface area contributed by atoms with Crippen molar-refractivity contribution >= 4 is 29.1 Å². The second-order valence-electron chi connectivity index (χ2n) is 4.23. The molecule has 0 bridgehead atoms. The second-order valence-corrected chi connectivity index (χ2v) is 4.67. The van der Waals surface area contributed by atoms with Gasteiger partial charge in [-0.25, -0.2) is 0 Å². The Bertz CT molecular complexity index is 559. The summed E-state index contributed by atoms with van der Waals surface area (Å²) in [5, 5.41) is 5.63. The fraction of sp³-hybridized carbons (Fsp3) is 0.231. The number of anilines is 1. The van der Waals surface area contributed by atoms with Gasteiger partial charge in [0.25, 0.3) is 17.4 Å². The Kier molecular flexibility index (Phi) is 3.48. The minimum atomic E-state index is -1.61. The molecule has 1 aromatic carbocycles. The van der Waals surface area contributed by atoms with E-state index in [9.17, 15) is 9.59 Å². The van der Waals surface area contributed by atoms with Crippen molar-refractivity contribution in [3.05, 3.63) is 35.9 Å². The quantitative estimate of drug-likeness (QED) is 0.654. The van der Waals surface area contributed by atoms with Crippen LogP contribution in [0.4, 0.5) is 5.69 Å². The third-order valence-electron chi connectivity index (χ3n) is 2.78. The summed E-state index contributed by atoms with van der Waals surface area (Å²) < 4.78 is 5.53. The summed E-state index contributed by atoms with van der Waals surface area (Å²) in [7, 11) is 0. The number of benzene rings is 1. The fourth-order valence-electron chi connectivity index (χ4n) is 1.68. The number of nitrogens with one attached hydrogen (secondary N) is 2. The van der Waals surface area contributed by atoms with E-state index in [0.717, 1.165) is 0 Å². The smallest absolute Gasteiger partial charge is 0.278 e. The van der Waals surface area contributed by atoms with Gasteiger partial charge in [0.2, 0.25) is 0 Å². The van der Waals surface area contributed by atoms with Crippen LogP contribution in [0.2, 0.25) is 5.02 Å². The van der Waals surface area contributed by atoms with Gasteiger partial charge in [0, 0.05) is 11.6 Å². The summed E-state index contributed by atoms with van der Waals surface area (Å²) in [5.74, 6) is -0.658. The molecule has 5 nitrogen and oxygen atoms in total. The highest BCUT2D eigenvalue weighted by molar-refractivity contribution is 6.31. The minimum Gasteiger partial charge on any atom is -0.466 e. The Balaban J connectivity index is 2.30. The van der Waals surface area contributed by atoms with E-state index in [-0.39, 0.29) is 6.54 Å². The lowest BCUT2D eigenvalue weighted by atomic mass is 10.0. The zero-order valence-corrected chi connectivity index (χ0v) is 11.1. The number of hydrogen-bond acceptors (Lipinski definition) is 3. The fourth-order valence-corrected chi connectivity index (χ4v) is 1.85. The van der Waals surface area contributed by atoms with E-state index in [1.54, 1.807) is 18.2 Å². The first-order chi connectivity index (χ1) is 8.97. The highest BCUT2D eigenvalue weighted by Crippen LogP contribution is 2.35. The summed E-state index contributed by atoms with van der Waals surface area (Å²) in [5.41, 5.74) is -1.16. The van der Waals surface area contributed by atoms with Crippen LogP contribution < -0.4 is 15.4 Å². The Morgan fingerprint density at radius 1 is 1.63 bits per heavy atom. The summed E-state index contributed by atoms with van der Waals surface area (Å²) in [6.07, 6.45) is 1.52. The van der Waals surface area contributed by atoms with Gasteiger partial charge in [-0.15, -0.1) is 6.58 Å². The molecule has 0 unspecified atom stereocenters. The van der Waals surface area contributed by atoms with Crippen LogP contribution in [0.3, 0.4) is 0 Å². The molecule has 0 saturated heterocycles. The molecule has 2 rings (SSSR count). The maximum atomic E-state index is 12.0. The van der Waals surface area contributed by atoms with Gasteiger partial charge in [-0.05, 0) is 25.1 Å². The van der Waals surface area contributed by atoms with Gasteiger partial charge in [0.15, 0.2) is 0 Å². The number of fused-ring (bicyclic) bond motifs is 1. The van der Waals surface area contributed by atoms with Crippen LogP contribution in [0.5, 0.6) is 5.75 Å². The number of hydrogen-bond donors (Lipinski definition) is 2. The monoisotopic (exact) mass is 280 g/mol. The SMILES string of the molecule is C=CCNC(=O)[C@]1(C)Oc2ccc(Cl)cc2NC1=O. The van der Waals surface area contributed by atoms with Crippen molar-refractivity contribution < 1.29 is 14.3 Å². The second kappa shape index (κ2) is 4.93. The van der Waals surface area contributed by atoms with Crippen LogP contribution in [0.15, 0.2) is 30.9 Å². The molecule has 0 radical (unpaired) electrons. The largest absolute Gasteiger partial charge is 0.466 e. The van der Waals surface area contributed by atoms with Crippen LogP contribution in [0.1, 0.15) is 6.92 Å². The van der Waals surface area contributed by atoms with Crippen LogP contribution in [0.25, 0.3) is 0 Å². The molecule has 6 heteroatoms. The van der Waals surface area contributed by atoms with E-state index < -0.39 is 17.4 Å². The Morgan fingerprint density at radius 2 is 2.37 bits per heavy atom. The van der Waals surface area contributed by atoms with Crippen LogP contribution in [-0.2, 0) is 9.59 Å². The number of carbonyl (C=O) groups excluding carboxylic acids is 2. The van der Waals surface area contributed by atoms with Crippen molar-refractivity contribution in [1.82, 2.24) is 5.32 Å². The first kappa shape index (κ1) is 13.4. The van der Waals surface area contributed by atoms with Crippen molar-refractivity contribution in [2.45, 2.75) is 12.5 Å². The average molecular weight is 281 g/mol. The minimum absolute atomic E-state index is 0.262. The maximum absolute atomic E-state index is 12.0. The molecule has 1 heterocycles. The van der Waals surface area contributed by atoms with Crippen molar-refractivity contribution in [2.75, 3.05) is 11.9 Å². The number of amides is 2. The van der Waals surface area contributed by atoms with Crippen molar-refractivity contribution in [2.24, 2.45) is 0 Å². The molecule has 0 aromatic heterocycles. The van der Waals surface area contributed by atoms with Gasteiger partial charge in [-0.2, -0.15) is 0 Å². The number of carbonyl (C=O) groups is 2. The molecule has 0 fully saturated rings. The van der Waals surface area contributed by atoms with Crippen molar-refractivity contribution in [1.29, 1.82) is 0 Å². The van der Waals surface area contributed by atoms with Gasteiger partial charge < -0.3 is 15.4 Å². The van der Waals surface area contributed by atoms with Gasteiger partial charge in [0.05, 0.1) is 5.69 Å². The Hall–Kier alpha value is -2.01. The van der Waals surface area contributed by atoms with Crippen molar-refractivity contribution in [3.8, 4) is 5.75 Å². The van der Waals surface area contributed by atoms with E-state index in [1.807, 2.05) is 0 Å². The zero-order chi connectivity index (χ0) is 14.0. The Morgan fingerprint density at radius 3 is 3.05 bits per heavy atom. The summed E-state index contributed by atoms with van der Waals surface area (Å²) in [4.78, 5) is 24.0. The van der Waals surface area contributed by atoms with Crippen molar-refractivity contribution in [3.63, 3.8) is 0 Å². The van der Waals surface area contributed by atoms with E-state index in [4.69, 9.17) is 16.3 Å². The van der Waals surface area contributed by atoms with E-state index >= 15 is 0 Å². The number of ether oxygens (including phenoxy) is 1. The summed E-state index contributed by atoms with van der Waals surface area (Å²) >= 11 is 5.83. The third kappa shape index (κ3) is 2.42. The van der Waals surface area contributed by atoms with Crippen LogP contribution >= 0.6 is 11.6 Å². The van der Waals surface area contributed by atoms with Gasteiger partial charge in [-0.1, -0.05) is 17.7 Å². The molecule has 2 N–H and O–H groups in total. The molecule has 1 atom stereocenters. The van der Waals surface area contributed by atoms with E-state index in [2.05, 4.69) is 17.2 Å².